The van der Waals surface area contributed by atoms with E-state index in [0.29, 0.717) is 36.7 Å². The Kier molecular flexibility index (Phi) is 7.53. The van der Waals surface area contributed by atoms with Crippen LogP contribution in [0.4, 0.5) is 11.4 Å². The SMILES string of the molecule is CC(C)CCCCS(=O)(=O)c1ccc2c(c1)CCN2C(=O)c1ccccc1N(C)S(C)(=O)=O. The molecule has 0 fully saturated rings. The second-order valence-corrected chi connectivity index (χ2v) is 13.1. The first kappa shape index (κ1) is 25.2. The average Bonchev–Trinajstić information content (AvgIpc) is 3.18. The van der Waals surface area contributed by atoms with Crippen molar-refractivity contribution in [1.82, 2.24) is 0 Å². The Bertz CT molecular complexity index is 1240. The molecule has 180 valence electrons. The zero-order chi connectivity index (χ0) is 24.4. The smallest absolute Gasteiger partial charge is 0.260 e. The predicted octanol–water partition coefficient (Wildman–Crippen LogP) is 3.89. The van der Waals surface area contributed by atoms with Crippen LogP contribution < -0.4 is 9.21 Å². The van der Waals surface area contributed by atoms with Crippen molar-refractivity contribution < 1.29 is 21.6 Å². The van der Waals surface area contributed by atoms with Crippen LogP contribution in [0.5, 0.6) is 0 Å². The molecule has 0 aliphatic carbocycles. The summed E-state index contributed by atoms with van der Waals surface area (Å²) in [5.41, 5.74) is 2.05. The summed E-state index contributed by atoms with van der Waals surface area (Å²) in [6.45, 7) is 4.66. The van der Waals surface area contributed by atoms with Crippen LogP contribution in [0.1, 0.15) is 49.0 Å². The van der Waals surface area contributed by atoms with Gasteiger partial charge in [0.25, 0.3) is 5.91 Å². The number of fused-ring (bicyclic) bond motifs is 1. The number of benzene rings is 2. The van der Waals surface area contributed by atoms with Gasteiger partial charge in [0.05, 0.1) is 28.2 Å². The number of anilines is 2. The lowest BCUT2D eigenvalue weighted by molar-refractivity contribution is 0.0990. The summed E-state index contributed by atoms with van der Waals surface area (Å²) in [4.78, 5) is 15.2. The van der Waals surface area contributed by atoms with Crippen LogP contribution in [0, 0.1) is 5.92 Å². The first-order chi connectivity index (χ1) is 15.4. The summed E-state index contributed by atoms with van der Waals surface area (Å²) in [6, 6.07) is 11.5. The highest BCUT2D eigenvalue weighted by atomic mass is 32.2. The van der Waals surface area contributed by atoms with Gasteiger partial charge in [-0.05, 0) is 54.7 Å². The fraction of sp³-hybridized carbons (Fsp3) is 0.458. The topological polar surface area (TPSA) is 91.8 Å². The van der Waals surface area contributed by atoms with Crippen molar-refractivity contribution in [2.45, 2.75) is 44.4 Å². The molecule has 33 heavy (non-hydrogen) atoms. The van der Waals surface area contributed by atoms with Crippen LogP contribution in [-0.2, 0) is 26.3 Å². The Balaban J connectivity index is 1.83. The van der Waals surface area contributed by atoms with Crippen LogP contribution in [0.2, 0.25) is 0 Å². The number of unbranched alkanes of at least 4 members (excludes halogenated alkanes) is 1. The fourth-order valence-corrected chi connectivity index (χ4v) is 5.93. The van der Waals surface area contributed by atoms with E-state index < -0.39 is 19.9 Å². The van der Waals surface area contributed by atoms with Crippen LogP contribution in [0.15, 0.2) is 47.4 Å². The van der Waals surface area contributed by atoms with Crippen molar-refractivity contribution in [3.63, 3.8) is 0 Å². The van der Waals surface area contributed by atoms with E-state index in [2.05, 4.69) is 13.8 Å². The number of amides is 1. The van der Waals surface area contributed by atoms with E-state index in [0.717, 1.165) is 29.0 Å². The second kappa shape index (κ2) is 9.85. The summed E-state index contributed by atoms with van der Waals surface area (Å²) in [7, 11) is -5.50. The number of carbonyl (C=O) groups is 1. The fourth-order valence-electron chi connectivity index (χ4n) is 4.00. The maximum absolute atomic E-state index is 13.4. The summed E-state index contributed by atoms with van der Waals surface area (Å²) >= 11 is 0. The van der Waals surface area contributed by atoms with Gasteiger partial charge in [-0.2, -0.15) is 0 Å². The molecule has 7 nitrogen and oxygen atoms in total. The molecule has 1 amide bonds. The van der Waals surface area contributed by atoms with Crippen molar-refractivity contribution in [3.05, 3.63) is 53.6 Å². The zero-order valence-corrected chi connectivity index (χ0v) is 21.2. The van der Waals surface area contributed by atoms with E-state index in [1.54, 1.807) is 47.4 Å². The minimum atomic E-state index is -3.54. The monoisotopic (exact) mass is 492 g/mol. The number of carbonyl (C=O) groups excluding carboxylic acids is 1. The Hall–Kier alpha value is -2.39. The molecule has 0 saturated heterocycles. The number of rotatable bonds is 9. The molecular weight excluding hydrogens is 460 g/mol. The average molecular weight is 493 g/mol. The first-order valence-electron chi connectivity index (χ1n) is 11.1. The standard InChI is InChI=1S/C24H32N2O5S2/c1-18(2)9-7-8-16-33(30,31)20-12-13-22-19(17-20)14-15-26(22)24(27)21-10-5-6-11-23(21)25(3)32(4,28)29/h5-6,10-13,17-18H,7-9,14-16H2,1-4H3. The third kappa shape index (κ3) is 5.76. The Morgan fingerprint density at radius 2 is 1.76 bits per heavy atom. The molecule has 9 heteroatoms. The number of sulfone groups is 1. The van der Waals surface area contributed by atoms with Gasteiger partial charge in [0, 0.05) is 19.3 Å². The maximum Gasteiger partial charge on any atom is 0.260 e. The van der Waals surface area contributed by atoms with Gasteiger partial charge < -0.3 is 4.90 Å². The van der Waals surface area contributed by atoms with Crippen LogP contribution >= 0.6 is 0 Å². The number of para-hydroxylation sites is 1. The molecule has 1 heterocycles. The Labute approximate surface area is 197 Å². The van der Waals surface area contributed by atoms with E-state index in [-0.39, 0.29) is 22.1 Å². The quantitative estimate of drug-likeness (QED) is 0.495. The van der Waals surface area contributed by atoms with Gasteiger partial charge in [-0.1, -0.05) is 38.8 Å². The van der Waals surface area contributed by atoms with E-state index in [9.17, 15) is 21.6 Å². The number of hydrogen-bond acceptors (Lipinski definition) is 5. The lowest BCUT2D eigenvalue weighted by Crippen LogP contribution is -2.32. The molecule has 0 atom stereocenters. The maximum atomic E-state index is 13.4. The van der Waals surface area contributed by atoms with Crippen LogP contribution in [0.25, 0.3) is 0 Å². The van der Waals surface area contributed by atoms with Gasteiger partial charge in [0.2, 0.25) is 10.0 Å². The predicted molar refractivity (Wildman–Crippen MR) is 132 cm³/mol. The van der Waals surface area contributed by atoms with Gasteiger partial charge in [-0.15, -0.1) is 0 Å². The molecule has 0 unspecified atom stereocenters. The van der Waals surface area contributed by atoms with Crippen molar-refractivity contribution in [2.24, 2.45) is 5.92 Å². The normalized spacial score (nSPS) is 13.9. The lowest BCUT2D eigenvalue weighted by atomic mass is 10.1. The largest absolute Gasteiger partial charge is 0.308 e. The molecule has 0 saturated carbocycles. The second-order valence-electron chi connectivity index (χ2n) is 8.95. The number of nitrogens with zero attached hydrogens (tertiary/aromatic N) is 2. The number of hydrogen-bond donors (Lipinski definition) is 0. The lowest BCUT2D eigenvalue weighted by Gasteiger charge is -2.23. The molecule has 3 rings (SSSR count). The molecule has 2 aromatic carbocycles. The molecule has 0 radical (unpaired) electrons. The van der Waals surface area contributed by atoms with Gasteiger partial charge >= 0.3 is 0 Å². The highest BCUT2D eigenvalue weighted by molar-refractivity contribution is 7.92. The third-order valence-corrected chi connectivity index (χ3v) is 8.96. The van der Waals surface area contributed by atoms with Gasteiger partial charge in [0.1, 0.15) is 0 Å². The highest BCUT2D eigenvalue weighted by Crippen LogP contribution is 2.33. The van der Waals surface area contributed by atoms with Crippen LogP contribution in [0.3, 0.4) is 0 Å². The molecule has 1 aliphatic heterocycles. The van der Waals surface area contributed by atoms with E-state index in [4.69, 9.17) is 0 Å². The molecule has 2 aromatic rings. The summed E-state index contributed by atoms with van der Waals surface area (Å²) in [6.07, 6.45) is 4.15. The first-order valence-corrected chi connectivity index (χ1v) is 14.6. The van der Waals surface area contributed by atoms with Crippen LogP contribution in [-0.4, -0.2) is 48.3 Å². The number of sulfonamides is 1. The third-order valence-electron chi connectivity index (χ3n) is 5.97. The molecule has 0 bridgehead atoms. The zero-order valence-electron chi connectivity index (χ0n) is 19.6. The molecule has 1 aliphatic rings. The minimum Gasteiger partial charge on any atom is -0.308 e. The summed E-state index contributed by atoms with van der Waals surface area (Å²) in [5, 5.41) is 0. The molecule has 0 spiro atoms. The van der Waals surface area contributed by atoms with E-state index in [1.807, 2.05) is 0 Å². The van der Waals surface area contributed by atoms with Gasteiger partial charge in [-0.3, -0.25) is 9.10 Å². The van der Waals surface area contributed by atoms with Crippen molar-refractivity contribution >= 4 is 37.1 Å². The van der Waals surface area contributed by atoms with Crippen molar-refractivity contribution in [2.75, 3.05) is 34.8 Å². The molecule has 0 N–H and O–H groups in total. The Morgan fingerprint density at radius 3 is 2.42 bits per heavy atom. The van der Waals surface area contributed by atoms with Crippen molar-refractivity contribution in [3.8, 4) is 0 Å². The summed E-state index contributed by atoms with van der Waals surface area (Å²) in [5.74, 6) is 0.356. The summed E-state index contributed by atoms with van der Waals surface area (Å²) < 4.78 is 50.7. The van der Waals surface area contributed by atoms with Gasteiger partial charge in [-0.25, -0.2) is 16.8 Å². The van der Waals surface area contributed by atoms with E-state index >= 15 is 0 Å². The Morgan fingerprint density at radius 1 is 1.06 bits per heavy atom. The minimum absolute atomic E-state index is 0.117. The van der Waals surface area contributed by atoms with Crippen molar-refractivity contribution in [1.29, 1.82) is 0 Å². The molecule has 0 aromatic heterocycles. The van der Waals surface area contributed by atoms with E-state index in [1.165, 1.54) is 7.05 Å². The van der Waals surface area contributed by atoms with Gasteiger partial charge in [0.15, 0.2) is 9.84 Å². The highest BCUT2D eigenvalue weighted by Gasteiger charge is 2.30. The molecular formula is C24H32N2O5S2.